The normalized spacial score (nSPS) is 11.0. The Kier molecular flexibility index (Phi) is 69.6. The molecule has 0 atom stereocenters. The fraction of sp³-hybridized carbons (Fsp3) is 0.511. The van der Waals surface area contributed by atoms with Crippen LogP contribution in [0.1, 0.15) is 181 Å². The van der Waals surface area contributed by atoms with Crippen molar-refractivity contribution in [2.75, 3.05) is 123 Å². The number of rotatable bonds is 44. The standard InChI is InChI=1S/C22H29Cl2N2O5PS.C20H20Cl2N2OS.C13H14Cl2N2OS.C10H19O4P.C9H16BrO4P.C9H17O5P.C5H8O/c1-5-30-32(28,31-6-2)15-29-10-8-7-9-26-20(14-27)25-21(16(3)4)22(26)33-19-12-17(23)11-18(24)13-19;1-13(2)19-20(26-17-9-15(21)8-16(22)10-17)24-18(23-19)12-25-11-14-6-4-3-5-7-14;1-7(2)12-13(17-11(6-18)16-12)19-10-4-8(14)3-9(15)5-10;1-4-7-8-9-12-10-15(11,13-5-2)14-6-3;2*1-3-13-15(11,14-4-2)9-12-8-6-5-7-10;1-2-3-4-5-6/h11-13,16,27H,5-6,9-10,14-15H2,1-4H3;3-10,13H,11-12H2,1-2H3,(H,23,24);3-5,7,18H,6H2,1-2H3,(H,16,17);4-6,9-10H2,1-3H3;3-4,7-9H2,1-2H3;10H,3-4,7-9H2,1-2H3;6H,2,5H2,1H3. The maximum atomic E-state index is 12.4. The Morgan fingerprint density at radius 2 is 0.736 bits per heavy atom. The highest BCUT2D eigenvalue weighted by Crippen LogP contribution is 2.51. The first-order chi connectivity index (χ1) is 61.7. The van der Waals surface area contributed by atoms with E-state index in [4.69, 9.17) is 150 Å². The van der Waals surface area contributed by atoms with Crippen LogP contribution in [0.5, 0.6) is 0 Å². The number of H-pyrrole nitrogens is 2. The van der Waals surface area contributed by atoms with E-state index in [1.54, 1.807) is 85.4 Å². The lowest BCUT2D eigenvalue weighted by molar-refractivity contribution is 0.102. The van der Waals surface area contributed by atoms with Crippen LogP contribution in [0, 0.1) is 59.2 Å². The first-order valence-corrected chi connectivity index (χ1v) is 53.9. The molecular formula is C88H123BrCl6N6O21P4S3. The molecule has 129 heavy (non-hydrogen) atoms. The fourth-order valence-corrected chi connectivity index (χ4v) is 20.8. The highest BCUT2D eigenvalue weighted by atomic mass is 79.9. The second-order valence-electron chi connectivity index (χ2n) is 26.1. The van der Waals surface area contributed by atoms with E-state index in [1.807, 2.05) is 99.0 Å². The van der Waals surface area contributed by atoms with Crippen molar-refractivity contribution in [3.05, 3.63) is 155 Å². The molecule has 0 aliphatic rings. The summed E-state index contributed by atoms with van der Waals surface area (Å²) in [4.78, 5) is 23.0. The molecule has 41 heteroatoms. The van der Waals surface area contributed by atoms with Crippen LogP contribution in [0.2, 0.25) is 30.1 Å². The first kappa shape index (κ1) is 123. The van der Waals surface area contributed by atoms with Crippen LogP contribution >= 0.6 is 151 Å². The van der Waals surface area contributed by atoms with Gasteiger partial charge in [0.05, 0.1) is 88.4 Å². The van der Waals surface area contributed by atoms with Crippen molar-refractivity contribution < 1.29 is 98.6 Å². The fourth-order valence-electron chi connectivity index (χ4n) is 9.73. The number of hydrogen-bond acceptors (Lipinski definition) is 27. The molecule has 0 bridgehead atoms. The van der Waals surface area contributed by atoms with Gasteiger partial charge in [0.25, 0.3) is 0 Å². The van der Waals surface area contributed by atoms with E-state index in [1.165, 1.54) is 23.5 Å². The predicted octanol–water partition coefficient (Wildman–Crippen LogP) is 24.3. The van der Waals surface area contributed by atoms with Crippen LogP contribution in [0.25, 0.3) is 0 Å². The van der Waals surface area contributed by atoms with Gasteiger partial charge in [-0.05, 0) is 133 Å². The highest BCUT2D eigenvalue weighted by molar-refractivity contribution is 9.09. The molecule has 7 aromatic rings. The maximum absolute atomic E-state index is 12.4. The first-order valence-electron chi connectivity index (χ1n) is 41.1. The van der Waals surface area contributed by atoms with Crippen molar-refractivity contribution in [2.24, 2.45) is 0 Å². The molecule has 0 spiro atoms. The van der Waals surface area contributed by atoms with Crippen LogP contribution in [0.15, 0.2) is 115 Å². The van der Waals surface area contributed by atoms with Gasteiger partial charge in [-0.15, -0.1) is 11.8 Å². The molecule has 3 heterocycles. The van der Waals surface area contributed by atoms with Gasteiger partial charge in [-0.1, -0.05) is 254 Å². The molecule has 6 N–H and O–H groups in total. The summed E-state index contributed by atoms with van der Waals surface area (Å²) >= 11 is 44.2. The van der Waals surface area contributed by atoms with Crippen LogP contribution in [-0.2, 0) is 111 Å². The molecule has 0 fully saturated rings. The average Bonchev–Trinajstić information content (AvgIpc) is 1.65. The molecule has 718 valence electrons. The second kappa shape index (κ2) is 73.1. The zero-order valence-electron chi connectivity index (χ0n) is 75.9. The van der Waals surface area contributed by atoms with Crippen LogP contribution in [0.4, 0.5) is 0 Å². The highest BCUT2D eigenvalue weighted by Gasteiger charge is 2.28. The molecule has 27 nitrogen and oxygen atoms in total. The summed E-state index contributed by atoms with van der Waals surface area (Å²) in [6.07, 6.45) is 1.26. The molecule has 3 aromatic heterocycles. The number of aromatic nitrogens is 6. The molecular weight excluding hydrogens is 1990 g/mol. The van der Waals surface area contributed by atoms with E-state index in [-0.39, 0.29) is 97.4 Å². The Morgan fingerprint density at radius 3 is 1.06 bits per heavy atom. The molecule has 7 rings (SSSR count). The number of hydrogen-bond donors (Lipinski definition) is 6. The summed E-state index contributed by atoms with van der Waals surface area (Å²) in [5.74, 6) is 29.9. The number of benzene rings is 4. The van der Waals surface area contributed by atoms with Crippen molar-refractivity contribution in [1.82, 2.24) is 29.5 Å². The van der Waals surface area contributed by atoms with Crippen molar-refractivity contribution >= 4 is 151 Å². The minimum Gasteiger partial charge on any atom is -0.388 e. The predicted molar refractivity (Wildman–Crippen MR) is 524 cm³/mol. The van der Waals surface area contributed by atoms with Crippen molar-refractivity contribution in [3.8, 4) is 59.2 Å². The van der Waals surface area contributed by atoms with Gasteiger partial charge < -0.3 is 94.8 Å². The summed E-state index contributed by atoms with van der Waals surface area (Å²) in [6.45, 7) is 34.4. The molecule has 0 saturated carbocycles. The number of aromatic amines is 2. The Bertz CT molecular complexity index is 4640. The van der Waals surface area contributed by atoms with Gasteiger partial charge in [0, 0.05) is 57.7 Å². The molecule has 0 amide bonds. The van der Waals surface area contributed by atoms with Crippen molar-refractivity contribution in [2.45, 2.75) is 204 Å². The zero-order valence-corrected chi connectivity index (χ0v) is 88.0. The van der Waals surface area contributed by atoms with Gasteiger partial charge in [-0.25, -0.2) is 15.0 Å². The Balaban J connectivity index is 0.000000785. The third-order valence-corrected chi connectivity index (χ3v) is 26.6. The second-order valence-corrected chi connectivity index (χ2v) is 40.5. The number of halogens is 7. The maximum Gasteiger partial charge on any atom is 0.356 e. The van der Waals surface area contributed by atoms with E-state index >= 15 is 0 Å². The van der Waals surface area contributed by atoms with Gasteiger partial charge >= 0.3 is 30.4 Å². The summed E-state index contributed by atoms with van der Waals surface area (Å²) in [5, 5.41) is 42.2. The van der Waals surface area contributed by atoms with Crippen LogP contribution < -0.4 is 0 Å². The molecule has 4 aromatic carbocycles. The summed E-state index contributed by atoms with van der Waals surface area (Å²) in [5.41, 5.74) is 4.09. The molecule has 0 aliphatic carbocycles. The largest absolute Gasteiger partial charge is 0.388 e. The quantitative estimate of drug-likeness (QED) is 0.00894. The monoisotopic (exact) mass is 2110 g/mol. The van der Waals surface area contributed by atoms with E-state index < -0.39 is 30.4 Å². The van der Waals surface area contributed by atoms with Crippen molar-refractivity contribution in [3.63, 3.8) is 0 Å². The summed E-state index contributed by atoms with van der Waals surface area (Å²) < 4.78 is 117. The summed E-state index contributed by atoms with van der Waals surface area (Å²) in [6, 6.07) is 26.3. The summed E-state index contributed by atoms with van der Waals surface area (Å²) in [7, 11) is -12.5. The third-order valence-electron chi connectivity index (χ3n) is 14.8. The van der Waals surface area contributed by atoms with E-state index in [0.29, 0.717) is 118 Å². The minimum atomic E-state index is -3.26. The lowest BCUT2D eigenvalue weighted by Crippen LogP contribution is -2.05. The average molecular weight is 2110 g/mol. The number of nitrogens with zero attached hydrogens (tertiary/aromatic N) is 4. The smallest absolute Gasteiger partial charge is 0.356 e. The van der Waals surface area contributed by atoms with Gasteiger partial charge in [-0.3, -0.25) is 18.3 Å². The van der Waals surface area contributed by atoms with Crippen molar-refractivity contribution in [1.29, 1.82) is 0 Å². The van der Waals surface area contributed by atoms with E-state index in [9.17, 15) is 23.4 Å². The lowest BCUT2D eigenvalue weighted by atomic mass is 10.1. The van der Waals surface area contributed by atoms with Crippen LogP contribution in [-0.4, -0.2) is 173 Å². The number of alkyl halides is 1. The number of imidazole rings is 3. The third kappa shape index (κ3) is 55.0. The topological polar surface area (TPSA) is 344 Å². The molecule has 0 unspecified atom stereocenters. The number of aliphatic hydroxyl groups is 4. The number of nitrogens with one attached hydrogen (secondary N) is 2. The molecule has 0 radical (unpaired) electrons. The Labute approximate surface area is 814 Å². The van der Waals surface area contributed by atoms with Crippen LogP contribution in [0.3, 0.4) is 0 Å². The van der Waals surface area contributed by atoms with Gasteiger partial charge in [-0.2, -0.15) is 0 Å². The van der Waals surface area contributed by atoms with Gasteiger partial charge in [0.15, 0.2) is 0 Å². The van der Waals surface area contributed by atoms with E-state index in [2.05, 4.69) is 123 Å². The zero-order chi connectivity index (χ0) is 96.5. The molecule has 0 aliphatic heterocycles. The van der Waals surface area contributed by atoms with E-state index in [0.717, 1.165) is 71.1 Å². The van der Waals surface area contributed by atoms with Gasteiger partial charge in [0.2, 0.25) is 0 Å². The Hall–Kier alpha value is -4.18. The SMILES string of the molecule is CC(C)c1[nH]c(CO)nc1Sc1cc(Cl)cc(Cl)c1.CC(C)c1[nH]c(COCc2ccccc2)nc1Sc1cc(Cl)cc(Cl)c1.CCC#CCO.CCC#CCOCP(=O)(OCC)OCC.CCOP(=O)(COCC#CCBr)OCC.CCOP(=O)(COCC#CCO)OCC.CCOP(=O)(COCC#CCn1c(CO)nc(C(C)C)c1Sc1cc(Cl)cc(Cl)c1)OCC. The molecule has 0 saturated heterocycles. The van der Waals surface area contributed by atoms with Gasteiger partial charge in [0.1, 0.15) is 117 Å². The lowest BCUT2D eigenvalue weighted by Gasteiger charge is -2.15. The number of aliphatic hydroxyl groups excluding tert-OH is 4. The number of ether oxygens (including phenoxy) is 5. The Morgan fingerprint density at radius 1 is 0.403 bits per heavy atom. The minimum absolute atomic E-state index is 0.00611.